The normalized spacial score (nSPS) is 11.5. The summed E-state index contributed by atoms with van der Waals surface area (Å²) in [5.74, 6) is -0.0301. The third kappa shape index (κ3) is 5.14. The summed E-state index contributed by atoms with van der Waals surface area (Å²) >= 11 is 7.08. The van der Waals surface area contributed by atoms with E-state index in [2.05, 4.69) is 15.5 Å². The van der Waals surface area contributed by atoms with Gasteiger partial charge in [0.25, 0.3) is 0 Å². The van der Waals surface area contributed by atoms with Crippen LogP contribution in [0, 0.1) is 0 Å². The number of benzene rings is 2. The second kappa shape index (κ2) is 9.53. The maximum atomic E-state index is 13.7. The van der Waals surface area contributed by atoms with Gasteiger partial charge in [-0.1, -0.05) is 54.6 Å². The molecule has 2 aromatic carbocycles. The molecule has 1 aromatic heterocycles. The highest BCUT2D eigenvalue weighted by Gasteiger charge is 2.35. The third-order valence-corrected chi connectivity index (χ3v) is 5.24. The lowest BCUT2D eigenvalue weighted by Gasteiger charge is -2.16. The fourth-order valence-corrected chi connectivity index (χ4v) is 3.71. The Balaban J connectivity index is 2.09. The summed E-state index contributed by atoms with van der Waals surface area (Å²) in [7, 11) is 0. The van der Waals surface area contributed by atoms with Crippen LogP contribution < -0.4 is 5.32 Å². The van der Waals surface area contributed by atoms with Gasteiger partial charge in [-0.3, -0.25) is 9.36 Å². The van der Waals surface area contributed by atoms with Crippen LogP contribution in [0.4, 0.5) is 13.2 Å². The van der Waals surface area contributed by atoms with Crippen LogP contribution in [-0.2, 0) is 11.0 Å². The minimum Gasteiger partial charge on any atom is -0.355 e. The van der Waals surface area contributed by atoms with Gasteiger partial charge >= 0.3 is 6.18 Å². The summed E-state index contributed by atoms with van der Waals surface area (Å²) in [5.41, 5.74) is -0.443. The number of para-hydroxylation sites is 1. The van der Waals surface area contributed by atoms with Crippen molar-refractivity contribution in [3.63, 3.8) is 0 Å². The first-order valence-corrected chi connectivity index (χ1v) is 10.4. The molecule has 5 nitrogen and oxygen atoms in total. The lowest BCUT2D eigenvalue weighted by Crippen LogP contribution is -2.25. The van der Waals surface area contributed by atoms with E-state index in [1.165, 1.54) is 22.8 Å². The molecule has 1 heterocycles. The molecule has 0 radical (unpaired) electrons. The molecule has 0 unspecified atom stereocenters. The number of hydrogen-bond donors (Lipinski definition) is 1. The molecule has 0 aliphatic heterocycles. The Morgan fingerprint density at radius 1 is 1.17 bits per heavy atom. The Bertz CT molecular complexity index is 1040. The molecule has 3 rings (SSSR count). The Morgan fingerprint density at radius 2 is 1.93 bits per heavy atom. The van der Waals surface area contributed by atoms with Crippen LogP contribution in [0.1, 0.15) is 18.9 Å². The zero-order valence-corrected chi connectivity index (χ0v) is 17.5. The van der Waals surface area contributed by atoms with Crippen LogP contribution in [0.5, 0.6) is 0 Å². The average Bonchev–Trinajstić information content (AvgIpc) is 3.14. The molecule has 1 amide bonds. The summed E-state index contributed by atoms with van der Waals surface area (Å²) < 4.78 is 42.3. The van der Waals surface area contributed by atoms with E-state index in [4.69, 9.17) is 11.6 Å². The summed E-state index contributed by atoms with van der Waals surface area (Å²) in [5, 5.41) is 11.5. The van der Waals surface area contributed by atoms with Crippen molar-refractivity contribution in [1.29, 1.82) is 0 Å². The minimum absolute atomic E-state index is 0.00185. The quantitative estimate of drug-likeness (QED) is 0.497. The van der Waals surface area contributed by atoms with Gasteiger partial charge in [-0.2, -0.15) is 13.2 Å². The number of carbonyl (C=O) groups is 1. The van der Waals surface area contributed by atoms with E-state index in [-0.39, 0.29) is 28.3 Å². The van der Waals surface area contributed by atoms with Gasteiger partial charge in [-0.15, -0.1) is 10.2 Å². The van der Waals surface area contributed by atoms with E-state index in [1.807, 2.05) is 6.92 Å². The van der Waals surface area contributed by atoms with Crippen molar-refractivity contribution in [3.8, 4) is 17.1 Å². The zero-order valence-electron chi connectivity index (χ0n) is 15.9. The SMILES string of the molecule is CCCNC(=O)CSc1nnc(-c2cccc(Cl)c2)n1-c1ccccc1C(F)(F)F. The van der Waals surface area contributed by atoms with Gasteiger partial charge in [0.15, 0.2) is 11.0 Å². The average molecular weight is 455 g/mol. The maximum absolute atomic E-state index is 13.7. The Labute approximate surface area is 180 Å². The molecule has 1 N–H and O–H groups in total. The highest BCUT2D eigenvalue weighted by atomic mass is 35.5. The molecule has 0 bridgehead atoms. The number of alkyl halides is 3. The lowest BCUT2D eigenvalue weighted by molar-refractivity contribution is -0.137. The monoisotopic (exact) mass is 454 g/mol. The number of thioether (sulfide) groups is 1. The number of nitrogens with one attached hydrogen (secondary N) is 1. The lowest BCUT2D eigenvalue weighted by atomic mass is 10.1. The molecule has 0 aliphatic rings. The molecule has 0 spiro atoms. The van der Waals surface area contributed by atoms with Crippen molar-refractivity contribution in [3.05, 3.63) is 59.1 Å². The van der Waals surface area contributed by atoms with E-state index in [0.29, 0.717) is 17.1 Å². The highest BCUT2D eigenvalue weighted by Crippen LogP contribution is 2.37. The van der Waals surface area contributed by atoms with Crippen LogP contribution in [-0.4, -0.2) is 33.0 Å². The second-order valence-electron chi connectivity index (χ2n) is 6.31. The van der Waals surface area contributed by atoms with Crippen LogP contribution in [0.15, 0.2) is 53.7 Å². The Morgan fingerprint density at radius 3 is 2.63 bits per heavy atom. The number of rotatable bonds is 7. The number of hydrogen-bond acceptors (Lipinski definition) is 4. The van der Waals surface area contributed by atoms with Crippen molar-refractivity contribution in [2.24, 2.45) is 0 Å². The first-order valence-electron chi connectivity index (χ1n) is 9.08. The first kappa shape index (κ1) is 22.2. The largest absolute Gasteiger partial charge is 0.418 e. The number of nitrogens with zero attached hydrogens (tertiary/aromatic N) is 3. The smallest absolute Gasteiger partial charge is 0.355 e. The van der Waals surface area contributed by atoms with Gasteiger partial charge in [0.2, 0.25) is 5.91 Å². The fourth-order valence-electron chi connectivity index (χ4n) is 2.75. The van der Waals surface area contributed by atoms with Crippen molar-refractivity contribution < 1.29 is 18.0 Å². The van der Waals surface area contributed by atoms with E-state index < -0.39 is 11.7 Å². The molecule has 158 valence electrons. The van der Waals surface area contributed by atoms with Crippen molar-refractivity contribution in [1.82, 2.24) is 20.1 Å². The number of aromatic nitrogens is 3. The zero-order chi connectivity index (χ0) is 21.7. The summed E-state index contributed by atoms with van der Waals surface area (Å²) in [4.78, 5) is 12.0. The topological polar surface area (TPSA) is 59.8 Å². The van der Waals surface area contributed by atoms with Gasteiger partial charge in [0.05, 0.1) is 17.0 Å². The van der Waals surface area contributed by atoms with Crippen LogP contribution in [0.3, 0.4) is 0 Å². The maximum Gasteiger partial charge on any atom is 0.418 e. The van der Waals surface area contributed by atoms with Crippen molar-refractivity contribution in [2.75, 3.05) is 12.3 Å². The van der Waals surface area contributed by atoms with E-state index in [9.17, 15) is 18.0 Å². The highest BCUT2D eigenvalue weighted by molar-refractivity contribution is 7.99. The molecular weight excluding hydrogens is 437 g/mol. The first-order chi connectivity index (χ1) is 14.3. The Kier molecular flexibility index (Phi) is 7.04. The summed E-state index contributed by atoms with van der Waals surface area (Å²) in [6, 6.07) is 11.8. The molecular formula is C20H18ClF3N4OS. The standard InChI is InChI=1S/C20H18ClF3N4OS/c1-2-10-25-17(29)12-30-19-27-26-18(13-6-5-7-14(21)11-13)28(19)16-9-4-3-8-15(16)20(22,23)24/h3-9,11H,2,10,12H2,1H3,(H,25,29). The number of halogens is 4. The predicted molar refractivity (Wildman–Crippen MR) is 111 cm³/mol. The van der Waals surface area contributed by atoms with Crippen LogP contribution >= 0.6 is 23.4 Å². The summed E-state index contributed by atoms with van der Waals surface area (Å²) in [6.07, 6.45) is -3.79. The third-order valence-electron chi connectivity index (χ3n) is 4.07. The molecule has 0 aliphatic carbocycles. The van der Waals surface area contributed by atoms with Crippen molar-refractivity contribution in [2.45, 2.75) is 24.7 Å². The number of carbonyl (C=O) groups excluding carboxylic acids is 1. The minimum atomic E-state index is -4.58. The van der Waals surface area contributed by atoms with E-state index in [0.717, 1.165) is 24.2 Å². The molecule has 0 saturated heterocycles. The molecule has 30 heavy (non-hydrogen) atoms. The van der Waals surface area contributed by atoms with Gasteiger partial charge < -0.3 is 5.32 Å². The van der Waals surface area contributed by atoms with Crippen LogP contribution in [0.2, 0.25) is 5.02 Å². The summed E-state index contributed by atoms with van der Waals surface area (Å²) in [6.45, 7) is 2.45. The molecule has 0 saturated carbocycles. The van der Waals surface area contributed by atoms with E-state index in [1.54, 1.807) is 24.3 Å². The van der Waals surface area contributed by atoms with Gasteiger partial charge in [-0.05, 0) is 30.7 Å². The van der Waals surface area contributed by atoms with E-state index >= 15 is 0 Å². The molecule has 3 aromatic rings. The molecule has 0 atom stereocenters. The van der Waals surface area contributed by atoms with Crippen LogP contribution in [0.25, 0.3) is 17.1 Å². The molecule has 0 fully saturated rings. The number of amides is 1. The van der Waals surface area contributed by atoms with Crippen molar-refractivity contribution >= 4 is 29.3 Å². The van der Waals surface area contributed by atoms with Gasteiger partial charge in [0.1, 0.15) is 0 Å². The van der Waals surface area contributed by atoms with Gasteiger partial charge in [-0.25, -0.2) is 0 Å². The Hall–Kier alpha value is -2.52. The predicted octanol–water partition coefficient (Wildman–Crippen LogP) is 5.22. The second-order valence-corrected chi connectivity index (χ2v) is 7.68. The molecule has 10 heteroatoms. The fraction of sp³-hybridized carbons (Fsp3) is 0.250. The van der Waals surface area contributed by atoms with Gasteiger partial charge in [0, 0.05) is 17.1 Å².